The molecule has 0 spiro atoms. The minimum absolute atomic E-state index is 0.107. The van der Waals surface area contributed by atoms with Gasteiger partial charge < -0.3 is 5.73 Å². The van der Waals surface area contributed by atoms with Gasteiger partial charge in [-0.15, -0.1) is 0 Å². The van der Waals surface area contributed by atoms with Crippen molar-refractivity contribution in [2.75, 3.05) is 0 Å². The van der Waals surface area contributed by atoms with E-state index in [1.165, 1.54) is 25.7 Å². The Morgan fingerprint density at radius 2 is 1.94 bits per heavy atom. The van der Waals surface area contributed by atoms with E-state index in [-0.39, 0.29) is 6.04 Å². The molecule has 3 heteroatoms. The third-order valence-corrected chi connectivity index (χ3v) is 4.84. The molecule has 0 bridgehead atoms. The first-order valence-corrected chi connectivity index (χ1v) is 7.45. The SMILES string of the molecule is CC1CCC(C(N)c2cc(Cl)ccc2Br)CC1. The third-order valence-electron chi connectivity index (χ3n) is 3.89. The Hall–Kier alpha value is -0.0500. The van der Waals surface area contributed by atoms with Crippen molar-refractivity contribution in [3.63, 3.8) is 0 Å². The normalized spacial score (nSPS) is 26.8. The molecule has 1 fully saturated rings. The van der Waals surface area contributed by atoms with E-state index in [1.807, 2.05) is 18.2 Å². The van der Waals surface area contributed by atoms with Crippen LogP contribution in [0.15, 0.2) is 22.7 Å². The fraction of sp³-hybridized carbons (Fsp3) is 0.571. The number of hydrogen-bond donors (Lipinski definition) is 1. The van der Waals surface area contributed by atoms with Gasteiger partial charge in [0.05, 0.1) is 0 Å². The van der Waals surface area contributed by atoms with Gasteiger partial charge in [-0.25, -0.2) is 0 Å². The summed E-state index contributed by atoms with van der Waals surface area (Å²) in [5, 5.41) is 0.767. The summed E-state index contributed by atoms with van der Waals surface area (Å²) >= 11 is 9.62. The van der Waals surface area contributed by atoms with Crippen LogP contribution < -0.4 is 5.73 Å². The molecule has 1 aromatic rings. The molecular weight excluding hydrogens is 298 g/mol. The van der Waals surface area contributed by atoms with Gasteiger partial charge in [-0.05, 0) is 48.4 Å². The summed E-state index contributed by atoms with van der Waals surface area (Å²) in [5.41, 5.74) is 7.55. The van der Waals surface area contributed by atoms with Crippen molar-refractivity contribution in [1.82, 2.24) is 0 Å². The number of benzene rings is 1. The van der Waals surface area contributed by atoms with E-state index < -0.39 is 0 Å². The van der Waals surface area contributed by atoms with Gasteiger partial charge in [-0.3, -0.25) is 0 Å². The van der Waals surface area contributed by atoms with Gasteiger partial charge in [0.25, 0.3) is 0 Å². The maximum absolute atomic E-state index is 6.40. The number of hydrogen-bond acceptors (Lipinski definition) is 1. The molecule has 0 amide bonds. The van der Waals surface area contributed by atoms with E-state index in [9.17, 15) is 0 Å². The monoisotopic (exact) mass is 315 g/mol. The average molecular weight is 317 g/mol. The Morgan fingerprint density at radius 3 is 2.59 bits per heavy atom. The maximum Gasteiger partial charge on any atom is 0.0410 e. The Kier molecular flexibility index (Phi) is 4.51. The quantitative estimate of drug-likeness (QED) is 0.822. The molecule has 1 atom stereocenters. The van der Waals surface area contributed by atoms with Gasteiger partial charge in [0, 0.05) is 15.5 Å². The van der Waals surface area contributed by atoms with Crippen molar-refractivity contribution in [3.05, 3.63) is 33.3 Å². The van der Waals surface area contributed by atoms with Gasteiger partial charge >= 0.3 is 0 Å². The number of nitrogens with two attached hydrogens (primary N) is 1. The summed E-state index contributed by atoms with van der Waals surface area (Å²) in [6.45, 7) is 2.33. The second-order valence-corrected chi connectivity index (χ2v) is 6.50. The van der Waals surface area contributed by atoms with Gasteiger partial charge in [0.1, 0.15) is 0 Å². The van der Waals surface area contributed by atoms with Crippen LogP contribution in [0.4, 0.5) is 0 Å². The second kappa shape index (κ2) is 5.73. The lowest BCUT2D eigenvalue weighted by atomic mass is 9.78. The molecule has 17 heavy (non-hydrogen) atoms. The number of halogens is 2. The lowest BCUT2D eigenvalue weighted by Crippen LogP contribution is -2.25. The van der Waals surface area contributed by atoms with Gasteiger partial charge in [-0.2, -0.15) is 0 Å². The minimum Gasteiger partial charge on any atom is -0.324 e. The highest BCUT2D eigenvalue weighted by Gasteiger charge is 2.25. The largest absolute Gasteiger partial charge is 0.324 e. The zero-order valence-corrected chi connectivity index (χ0v) is 12.5. The van der Waals surface area contributed by atoms with Crippen LogP contribution in [-0.4, -0.2) is 0 Å². The van der Waals surface area contributed by atoms with Crippen LogP contribution in [0.25, 0.3) is 0 Å². The number of rotatable bonds is 2. The van der Waals surface area contributed by atoms with E-state index in [4.69, 9.17) is 17.3 Å². The zero-order chi connectivity index (χ0) is 12.4. The smallest absolute Gasteiger partial charge is 0.0410 e. The molecule has 2 N–H and O–H groups in total. The van der Waals surface area contributed by atoms with Crippen molar-refractivity contribution in [1.29, 1.82) is 0 Å². The van der Waals surface area contributed by atoms with E-state index in [1.54, 1.807) is 0 Å². The molecule has 1 nitrogen and oxygen atoms in total. The maximum atomic E-state index is 6.40. The molecule has 0 aliphatic heterocycles. The fourth-order valence-electron chi connectivity index (χ4n) is 2.67. The van der Waals surface area contributed by atoms with Gasteiger partial charge in [0.15, 0.2) is 0 Å². The lowest BCUT2D eigenvalue weighted by Gasteiger charge is -2.31. The van der Waals surface area contributed by atoms with Gasteiger partial charge in [-0.1, -0.05) is 47.3 Å². The topological polar surface area (TPSA) is 26.0 Å². The molecule has 1 aromatic carbocycles. The van der Waals surface area contributed by atoms with Crippen LogP contribution in [0.5, 0.6) is 0 Å². The summed E-state index contributed by atoms with van der Waals surface area (Å²) in [5.74, 6) is 1.46. The molecule has 1 aliphatic rings. The molecule has 1 saturated carbocycles. The zero-order valence-electron chi connectivity index (χ0n) is 10.1. The molecule has 0 heterocycles. The van der Waals surface area contributed by atoms with Crippen molar-refractivity contribution < 1.29 is 0 Å². The van der Waals surface area contributed by atoms with Crippen LogP contribution in [0.2, 0.25) is 5.02 Å². The predicted octanol–water partition coefficient (Wildman–Crippen LogP) is 4.93. The van der Waals surface area contributed by atoms with Crippen molar-refractivity contribution in [2.45, 2.75) is 38.6 Å². The molecule has 2 rings (SSSR count). The molecule has 0 aromatic heterocycles. The summed E-state index contributed by atoms with van der Waals surface area (Å²) in [4.78, 5) is 0. The van der Waals surface area contributed by atoms with E-state index in [0.717, 1.165) is 21.0 Å². The Morgan fingerprint density at radius 1 is 1.29 bits per heavy atom. The molecule has 1 aliphatic carbocycles. The summed E-state index contributed by atoms with van der Waals surface area (Å²) in [6.07, 6.45) is 5.08. The molecule has 0 saturated heterocycles. The molecule has 0 radical (unpaired) electrons. The Balaban J connectivity index is 2.13. The van der Waals surface area contributed by atoms with Crippen LogP contribution >= 0.6 is 27.5 Å². The highest BCUT2D eigenvalue weighted by atomic mass is 79.9. The van der Waals surface area contributed by atoms with Crippen molar-refractivity contribution in [3.8, 4) is 0 Å². The first-order valence-electron chi connectivity index (χ1n) is 6.28. The molecule has 1 unspecified atom stereocenters. The van der Waals surface area contributed by atoms with E-state index >= 15 is 0 Å². The van der Waals surface area contributed by atoms with Crippen molar-refractivity contribution in [2.24, 2.45) is 17.6 Å². The van der Waals surface area contributed by atoms with Crippen LogP contribution in [0.3, 0.4) is 0 Å². The third kappa shape index (κ3) is 3.24. The summed E-state index contributed by atoms with van der Waals surface area (Å²) in [6, 6.07) is 5.98. The fourth-order valence-corrected chi connectivity index (χ4v) is 3.36. The standard InChI is InChI=1S/C14H19BrClN/c1-9-2-4-10(5-3-9)14(17)12-8-11(16)6-7-13(12)15/h6-10,14H,2-5,17H2,1H3. The van der Waals surface area contributed by atoms with Crippen LogP contribution in [0, 0.1) is 11.8 Å². The predicted molar refractivity (Wildman–Crippen MR) is 77.2 cm³/mol. The first-order chi connectivity index (χ1) is 8.08. The summed E-state index contributed by atoms with van der Waals surface area (Å²) < 4.78 is 1.08. The van der Waals surface area contributed by atoms with Crippen LogP contribution in [-0.2, 0) is 0 Å². The molecular formula is C14H19BrClN. The van der Waals surface area contributed by atoms with Crippen molar-refractivity contribution >= 4 is 27.5 Å². The second-order valence-electron chi connectivity index (χ2n) is 5.21. The lowest BCUT2D eigenvalue weighted by molar-refractivity contribution is 0.256. The Labute approximate surface area is 117 Å². The first kappa shape index (κ1) is 13.4. The van der Waals surface area contributed by atoms with E-state index in [2.05, 4.69) is 22.9 Å². The molecule has 94 valence electrons. The highest BCUT2D eigenvalue weighted by molar-refractivity contribution is 9.10. The van der Waals surface area contributed by atoms with Crippen LogP contribution in [0.1, 0.15) is 44.2 Å². The average Bonchev–Trinajstić information content (AvgIpc) is 2.32. The summed E-state index contributed by atoms with van der Waals surface area (Å²) in [7, 11) is 0. The Bertz CT molecular complexity index is 386. The van der Waals surface area contributed by atoms with Gasteiger partial charge in [0.2, 0.25) is 0 Å². The van der Waals surface area contributed by atoms with E-state index in [0.29, 0.717) is 5.92 Å². The highest BCUT2D eigenvalue weighted by Crippen LogP contribution is 2.38. The minimum atomic E-state index is 0.107.